The highest BCUT2D eigenvalue weighted by atomic mass is 32.1. The number of ether oxygens (including phenoxy) is 2. The molecule has 1 aliphatic carbocycles. The zero-order valence-corrected chi connectivity index (χ0v) is 26.5. The summed E-state index contributed by atoms with van der Waals surface area (Å²) in [5.74, 6) is 0.692. The Morgan fingerprint density at radius 1 is 1.20 bits per heavy atom. The van der Waals surface area contributed by atoms with Gasteiger partial charge in [-0.1, -0.05) is 25.1 Å². The second-order valence-corrected chi connectivity index (χ2v) is 12.5. The molecule has 11 nitrogen and oxygen atoms in total. The Hall–Kier alpha value is -4.03. The van der Waals surface area contributed by atoms with Crippen LogP contribution in [-0.4, -0.2) is 45.6 Å². The summed E-state index contributed by atoms with van der Waals surface area (Å²) in [5.41, 5.74) is -1.37. The van der Waals surface area contributed by atoms with Crippen molar-refractivity contribution in [2.75, 3.05) is 13.7 Å². The normalized spacial score (nSPS) is 15.1. The van der Waals surface area contributed by atoms with Gasteiger partial charge in [0.1, 0.15) is 34.3 Å². The summed E-state index contributed by atoms with van der Waals surface area (Å²) in [4.78, 5) is 59.3. The van der Waals surface area contributed by atoms with Crippen LogP contribution in [0, 0.1) is 6.92 Å². The van der Waals surface area contributed by atoms with E-state index in [2.05, 4.69) is 10.3 Å². The predicted octanol–water partition coefficient (Wildman–Crippen LogP) is 4.73. The van der Waals surface area contributed by atoms with Crippen LogP contribution < -0.4 is 21.3 Å². The molecule has 1 atom stereocenters. The number of thiophene rings is 1. The van der Waals surface area contributed by atoms with Crippen molar-refractivity contribution in [1.82, 2.24) is 19.4 Å². The molecule has 0 radical (unpaired) electrons. The fourth-order valence-corrected chi connectivity index (χ4v) is 6.93. The first-order valence-corrected chi connectivity index (χ1v) is 15.7. The molecule has 1 fully saturated rings. The molecule has 234 valence electrons. The molecule has 1 aromatic carbocycles. The smallest absolute Gasteiger partial charge is 0.333 e. The fraction of sp³-hybridized carbons (Fsp3) is 0.469. The zero-order chi connectivity index (χ0) is 31.6. The van der Waals surface area contributed by atoms with E-state index in [0.29, 0.717) is 70.9 Å². The summed E-state index contributed by atoms with van der Waals surface area (Å²) >= 11 is 1.23. The highest BCUT2D eigenvalue weighted by molar-refractivity contribution is 7.22. The SMILES string of the molecule is CCCNC(=O)C(C)(C)n1c(=O)c2c(C)c(-c3ncco3)sc2n(C[C@H](OC2CCC(=O)CC2)c2ccccc2OC)c1=O. The number of amides is 1. The van der Waals surface area contributed by atoms with Crippen molar-refractivity contribution >= 4 is 33.2 Å². The number of aromatic nitrogens is 3. The lowest BCUT2D eigenvalue weighted by Crippen LogP contribution is -2.56. The highest BCUT2D eigenvalue weighted by Crippen LogP contribution is 2.38. The van der Waals surface area contributed by atoms with Gasteiger partial charge in [0.05, 0.1) is 36.2 Å². The standard InChI is InChI=1S/C32H38N4O7S/c1-6-15-34-30(39)32(3,4)36-28(38)25-19(2)26(27-33-16-17-42-27)44-29(25)35(31(36)40)18-24(22-9-7-8-10-23(22)41-5)43-21-13-11-20(37)12-14-21/h7-10,16-17,21,24H,6,11-15,18H2,1-5H3,(H,34,39)/t24-/m0/s1. The van der Waals surface area contributed by atoms with Crippen LogP contribution in [0.5, 0.6) is 5.75 Å². The van der Waals surface area contributed by atoms with Gasteiger partial charge in [0.2, 0.25) is 11.8 Å². The van der Waals surface area contributed by atoms with E-state index < -0.39 is 28.8 Å². The number of nitrogens with zero attached hydrogens (tertiary/aromatic N) is 3. The number of aryl methyl sites for hydroxylation is 1. The first-order chi connectivity index (χ1) is 21.1. The van der Waals surface area contributed by atoms with Crippen molar-refractivity contribution in [1.29, 1.82) is 0 Å². The molecule has 0 spiro atoms. The van der Waals surface area contributed by atoms with Crippen molar-refractivity contribution in [2.24, 2.45) is 0 Å². The number of benzene rings is 1. The Bertz CT molecular complexity index is 1770. The lowest BCUT2D eigenvalue weighted by Gasteiger charge is -2.30. The number of hydrogen-bond donors (Lipinski definition) is 1. The first kappa shape index (κ1) is 31.4. The van der Waals surface area contributed by atoms with E-state index in [-0.39, 0.29) is 18.4 Å². The summed E-state index contributed by atoms with van der Waals surface area (Å²) in [5, 5.41) is 3.14. The Morgan fingerprint density at radius 2 is 1.93 bits per heavy atom. The van der Waals surface area contributed by atoms with E-state index in [1.165, 1.54) is 28.4 Å². The summed E-state index contributed by atoms with van der Waals surface area (Å²) in [6, 6.07) is 7.43. The van der Waals surface area contributed by atoms with Crippen molar-refractivity contribution in [3.05, 3.63) is 68.7 Å². The average Bonchev–Trinajstić information content (AvgIpc) is 3.66. The quantitative estimate of drug-likeness (QED) is 0.254. The molecule has 1 N–H and O–H groups in total. The van der Waals surface area contributed by atoms with E-state index in [4.69, 9.17) is 13.9 Å². The number of nitrogens with one attached hydrogen (secondary N) is 1. The number of Topliss-reactive ketones (excluding diaryl/α,β-unsaturated/α-hetero) is 1. The fourth-order valence-electron chi connectivity index (χ4n) is 5.69. The molecule has 4 aromatic rings. The number of para-hydroxylation sites is 1. The third kappa shape index (κ3) is 5.88. The number of rotatable bonds is 11. The van der Waals surface area contributed by atoms with Crippen LogP contribution in [0.1, 0.15) is 70.1 Å². The molecule has 0 aliphatic heterocycles. The average molecular weight is 623 g/mol. The number of hydrogen-bond acceptors (Lipinski definition) is 9. The van der Waals surface area contributed by atoms with Gasteiger partial charge in [0, 0.05) is 24.9 Å². The molecule has 3 heterocycles. The van der Waals surface area contributed by atoms with Gasteiger partial charge >= 0.3 is 5.69 Å². The van der Waals surface area contributed by atoms with Gasteiger partial charge in [-0.25, -0.2) is 14.3 Å². The molecular formula is C32H38N4O7S. The third-order valence-corrected chi connectivity index (χ3v) is 9.47. The monoisotopic (exact) mass is 622 g/mol. The van der Waals surface area contributed by atoms with Crippen molar-refractivity contribution in [3.8, 4) is 16.5 Å². The maximum absolute atomic E-state index is 14.5. The van der Waals surface area contributed by atoms with Gasteiger partial charge in [0.15, 0.2) is 0 Å². The van der Waals surface area contributed by atoms with Crippen LogP contribution in [0.2, 0.25) is 0 Å². The van der Waals surface area contributed by atoms with Gasteiger partial charge in [-0.3, -0.25) is 19.0 Å². The third-order valence-electron chi connectivity index (χ3n) is 8.17. The minimum atomic E-state index is -1.50. The Morgan fingerprint density at radius 3 is 2.59 bits per heavy atom. The van der Waals surface area contributed by atoms with Crippen LogP contribution in [-0.2, 0) is 26.4 Å². The maximum Gasteiger partial charge on any atom is 0.333 e. The van der Waals surface area contributed by atoms with Gasteiger partial charge in [-0.15, -0.1) is 11.3 Å². The van der Waals surface area contributed by atoms with Crippen molar-refractivity contribution in [2.45, 2.75) is 84.1 Å². The number of methoxy groups -OCH3 is 1. The van der Waals surface area contributed by atoms with Crippen LogP contribution in [0.25, 0.3) is 21.0 Å². The van der Waals surface area contributed by atoms with Gasteiger partial charge in [-0.2, -0.15) is 0 Å². The summed E-state index contributed by atoms with van der Waals surface area (Å²) < 4.78 is 20.5. The van der Waals surface area contributed by atoms with E-state index in [9.17, 15) is 19.2 Å². The molecule has 12 heteroatoms. The Kier molecular flexibility index (Phi) is 9.21. The summed E-state index contributed by atoms with van der Waals surface area (Å²) in [7, 11) is 1.57. The van der Waals surface area contributed by atoms with Crippen molar-refractivity contribution < 1.29 is 23.5 Å². The van der Waals surface area contributed by atoms with E-state index in [1.54, 1.807) is 27.9 Å². The highest BCUT2D eigenvalue weighted by Gasteiger charge is 2.36. The Balaban J connectivity index is 1.73. The number of carbonyl (C=O) groups is 2. The van der Waals surface area contributed by atoms with Gasteiger partial charge < -0.3 is 19.2 Å². The maximum atomic E-state index is 14.5. The van der Waals surface area contributed by atoms with Crippen LogP contribution in [0.3, 0.4) is 0 Å². The lowest BCUT2D eigenvalue weighted by atomic mass is 9.96. The number of oxazole rings is 1. The molecule has 44 heavy (non-hydrogen) atoms. The molecular weight excluding hydrogens is 584 g/mol. The molecule has 1 saturated carbocycles. The van der Waals surface area contributed by atoms with Crippen molar-refractivity contribution in [3.63, 3.8) is 0 Å². The van der Waals surface area contributed by atoms with Crippen LogP contribution >= 0.6 is 11.3 Å². The topological polar surface area (TPSA) is 135 Å². The van der Waals surface area contributed by atoms with Gasteiger partial charge in [-0.05, 0) is 51.7 Å². The van der Waals surface area contributed by atoms with E-state index in [0.717, 1.165) is 10.1 Å². The first-order valence-electron chi connectivity index (χ1n) is 14.9. The largest absolute Gasteiger partial charge is 0.496 e. The zero-order valence-electron chi connectivity index (χ0n) is 25.7. The number of fused-ring (bicyclic) bond motifs is 1. The number of ketones is 1. The molecule has 3 aromatic heterocycles. The van der Waals surface area contributed by atoms with E-state index >= 15 is 0 Å². The molecule has 0 bridgehead atoms. The van der Waals surface area contributed by atoms with Gasteiger partial charge in [0.25, 0.3) is 5.56 Å². The predicted molar refractivity (Wildman–Crippen MR) is 167 cm³/mol. The molecule has 1 aliphatic rings. The molecule has 0 saturated heterocycles. The van der Waals surface area contributed by atoms with E-state index in [1.807, 2.05) is 31.2 Å². The van der Waals surface area contributed by atoms with Crippen LogP contribution in [0.4, 0.5) is 0 Å². The molecule has 1 amide bonds. The molecule has 5 rings (SSSR count). The second kappa shape index (κ2) is 12.9. The summed E-state index contributed by atoms with van der Waals surface area (Å²) in [6.45, 7) is 7.29. The summed E-state index contributed by atoms with van der Waals surface area (Å²) in [6.07, 6.45) is 4.82. The van der Waals surface area contributed by atoms with Crippen LogP contribution in [0.15, 0.2) is 50.7 Å². The minimum absolute atomic E-state index is 0.0259. The minimum Gasteiger partial charge on any atom is -0.496 e. The molecule has 0 unspecified atom stereocenters. The second-order valence-electron chi connectivity index (χ2n) is 11.5. The number of carbonyl (C=O) groups excluding carboxylic acids is 2. The lowest BCUT2D eigenvalue weighted by molar-refractivity contribution is -0.128. The Labute approximate surface area is 258 Å².